The molecule has 0 aliphatic heterocycles. The third kappa shape index (κ3) is 5.50. The average Bonchev–Trinajstić information content (AvgIpc) is 2.68. The Balaban J connectivity index is 2.34. The van der Waals surface area contributed by atoms with E-state index < -0.39 is 12.0 Å². The average molecular weight is 242 g/mol. The van der Waals surface area contributed by atoms with Gasteiger partial charge in [0, 0.05) is 19.1 Å². The number of nitrogens with zero attached hydrogens (tertiary/aromatic N) is 1. The van der Waals surface area contributed by atoms with Gasteiger partial charge in [0.15, 0.2) is 0 Å². The van der Waals surface area contributed by atoms with Crippen molar-refractivity contribution in [1.82, 2.24) is 10.2 Å². The maximum atomic E-state index is 11.1. The van der Waals surface area contributed by atoms with Gasteiger partial charge in [-0.3, -0.25) is 4.79 Å². The first-order valence-corrected chi connectivity index (χ1v) is 6.66. The van der Waals surface area contributed by atoms with E-state index in [4.69, 9.17) is 5.11 Å². The lowest BCUT2D eigenvalue weighted by Gasteiger charge is -2.25. The minimum atomic E-state index is -0.753. The Morgan fingerprint density at radius 2 is 2.00 bits per heavy atom. The van der Waals surface area contributed by atoms with Gasteiger partial charge in [-0.05, 0) is 25.8 Å². The van der Waals surface area contributed by atoms with E-state index in [1.54, 1.807) is 0 Å². The number of nitrogens with one attached hydrogen (secondary N) is 1. The number of hydrogen-bond acceptors (Lipinski definition) is 3. The molecule has 1 rings (SSSR count). The van der Waals surface area contributed by atoms with Crippen molar-refractivity contribution in [3.8, 4) is 0 Å². The van der Waals surface area contributed by atoms with Gasteiger partial charge in [0.2, 0.25) is 0 Å². The molecule has 4 heteroatoms. The lowest BCUT2D eigenvalue weighted by Crippen LogP contribution is -2.48. The van der Waals surface area contributed by atoms with E-state index in [1.807, 2.05) is 20.9 Å². The fourth-order valence-electron chi connectivity index (χ4n) is 2.62. The van der Waals surface area contributed by atoms with Crippen LogP contribution in [0.5, 0.6) is 0 Å². The lowest BCUT2D eigenvalue weighted by molar-refractivity contribution is -0.140. The van der Waals surface area contributed by atoms with Crippen molar-refractivity contribution in [2.75, 3.05) is 20.1 Å². The van der Waals surface area contributed by atoms with Crippen LogP contribution in [-0.4, -0.2) is 48.2 Å². The molecule has 1 aliphatic rings. The maximum Gasteiger partial charge on any atom is 0.322 e. The van der Waals surface area contributed by atoms with Crippen LogP contribution in [0.25, 0.3) is 0 Å². The minimum Gasteiger partial charge on any atom is -0.480 e. The molecule has 1 unspecified atom stereocenters. The van der Waals surface area contributed by atoms with E-state index >= 15 is 0 Å². The second kappa shape index (κ2) is 6.97. The molecule has 17 heavy (non-hydrogen) atoms. The van der Waals surface area contributed by atoms with Crippen molar-refractivity contribution >= 4 is 5.97 Å². The van der Waals surface area contributed by atoms with Crippen molar-refractivity contribution in [2.45, 2.75) is 51.6 Å². The van der Waals surface area contributed by atoms with Crippen molar-refractivity contribution in [3.05, 3.63) is 0 Å². The number of aliphatic carboxylic acids is 1. The summed E-state index contributed by atoms with van der Waals surface area (Å²) in [5, 5.41) is 12.2. The van der Waals surface area contributed by atoms with E-state index in [0.29, 0.717) is 6.54 Å². The summed E-state index contributed by atoms with van der Waals surface area (Å²) in [6.45, 7) is 5.58. The third-order valence-corrected chi connectivity index (χ3v) is 3.37. The Morgan fingerprint density at radius 1 is 1.41 bits per heavy atom. The number of carboxylic acids is 1. The van der Waals surface area contributed by atoms with Gasteiger partial charge in [0.05, 0.1) is 0 Å². The quantitative estimate of drug-likeness (QED) is 0.711. The van der Waals surface area contributed by atoms with Crippen molar-refractivity contribution in [3.63, 3.8) is 0 Å². The minimum absolute atomic E-state index is 0.205. The number of carbonyl (C=O) groups is 1. The molecule has 0 aromatic rings. The largest absolute Gasteiger partial charge is 0.480 e. The maximum absolute atomic E-state index is 11.1. The summed E-state index contributed by atoms with van der Waals surface area (Å²) in [4.78, 5) is 13.3. The van der Waals surface area contributed by atoms with Gasteiger partial charge in [-0.2, -0.15) is 0 Å². The van der Waals surface area contributed by atoms with Crippen LogP contribution in [0, 0.1) is 5.92 Å². The smallest absolute Gasteiger partial charge is 0.322 e. The number of likely N-dealkylation sites (N-methyl/N-ethyl adjacent to an activating group) is 1. The lowest BCUT2D eigenvalue weighted by atomic mass is 10.1. The van der Waals surface area contributed by atoms with Crippen LogP contribution in [0.1, 0.15) is 39.5 Å². The molecule has 100 valence electrons. The van der Waals surface area contributed by atoms with Crippen molar-refractivity contribution in [1.29, 1.82) is 0 Å². The summed E-state index contributed by atoms with van der Waals surface area (Å²) < 4.78 is 0. The molecular weight excluding hydrogens is 216 g/mol. The predicted octanol–water partition coefficient (Wildman–Crippen LogP) is 1.56. The fraction of sp³-hybridized carbons (Fsp3) is 0.923. The predicted molar refractivity (Wildman–Crippen MR) is 69.2 cm³/mol. The fourth-order valence-corrected chi connectivity index (χ4v) is 2.62. The summed E-state index contributed by atoms with van der Waals surface area (Å²) in [5.74, 6) is 0.0190. The van der Waals surface area contributed by atoms with Gasteiger partial charge >= 0.3 is 5.97 Å². The van der Waals surface area contributed by atoms with Crippen LogP contribution in [0.15, 0.2) is 0 Å². The zero-order chi connectivity index (χ0) is 12.8. The number of carboxylic acid groups (broad SMARTS) is 1. The topological polar surface area (TPSA) is 52.6 Å². The number of rotatable bonds is 7. The Bertz CT molecular complexity index is 238. The van der Waals surface area contributed by atoms with E-state index in [2.05, 4.69) is 10.2 Å². The summed E-state index contributed by atoms with van der Waals surface area (Å²) in [7, 11) is 2.02. The van der Waals surface area contributed by atoms with Crippen molar-refractivity contribution < 1.29 is 9.90 Å². The second-order valence-corrected chi connectivity index (χ2v) is 5.58. The Kier molecular flexibility index (Phi) is 5.92. The molecule has 2 N–H and O–H groups in total. The molecule has 0 bridgehead atoms. The molecule has 1 aliphatic carbocycles. The zero-order valence-electron chi connectivity index (χ0n) is 11.3. The zero-order valence-corrected chi connectivity index (χ0v) is 11.3. The Morgan fingerprint density at radius 3 is 2.47 bits per heavy atom. The van der Waals surface area contributed by atoms with Gasteiger partial charge in [-0.25, -0.2) is 0 Å². The third-order valence-electron chi connectivity index (χ3n) is 3.37. The molecule has 0 amide bonds. The van der Waals surface area contributed by atoms with Crippen LogP contribution in [-0.2, 0) is 4.79 Å². The summed E-state index contributed by atoms with van der Waals surface area (Å²) in [6.07, 6.45) is 5.29. The molecule has 0 aromatic heterocycles. The standard InChI is InChI=1S/C13H26N2O2/c1-10(2)14-12(13(16)17)9-15(3)8-11-6-4-5-7-11/h10-12,14H,4-9H2,1-3H3,(H,16,17). The summed E-state index contributed by atoms with van der Waals surface area (Å²) in [6, 6.07) is -0.252. The Labute approximate surface area is 104 Å². The molecule has 0 saturated heterocycles. The van der Waals surface area contributed by atoms with Gasteiger partial charge in [0.1, 0.15) is 6.04 Å². The number of hydrogen-bond donors (Lipinski definition) is 2. The van der Waals surface area contributed by atoms with Crippen LogP contribution >= 0.6 is 0 Å². The molecule has 4 nitrogen and oxygen atoms in total. The van der Waals surface area contributed by atoms with Gasteiger partial charge in [0.25, 0.3) is 0 Å². The van der Waals surface area contributed by atoms with E-state index in [-0.39, 0.29) is 6.04 Å². The van der Waals surface area contributed by atoms with E-state index in [0.717, 1.165) is 12.5 Å². The van der Waals surface area contributed by atoms with Crippen LogP contribution in [0.2, 0.25) is 0 Å². The molecular formula is C13H26N2O2. The molecule has 0 heterocycles. The van der Waals surface area contributed by atoms with Gasteiger partial charge < -0.3 is 15.3 Å². The molecule has 1 saturated carbocycles. The first-order chi connectivity index (χ1) is 7.99. The highest BCUT2D eigenvalue weighted by Gasteiger charge is 2.22. The first kappa shape index (κ1) is 14.5. The van der Waals surface area contributed by atoms with E-state index in [9.17, 15) is 4.79 Å². The molecule has 1 atom stereocenters. The van der Waals surface area contributed by atoms with Gasteiger partial charge in [-0.1, -0.05) is 26.7 Å². The highest BCUT2D eigenvalue weighted by atomic mass is 16.4. The van der Waals surface area contributed by atoms with Crippen LogP contribution in [0.3, 0.4) is 0 Å². The first-order valence-electron chi connectivity index (χ1n) is 6.66. The SMILES string of the molecule is CC(C)NC(CN(C)CC1CCCC1)C(=O)O. The molecule has 0 spiro atoms. The van der Waals surface area contributed by atoms with E-state index in [1.165, 1.54) is 25.7 Å². The molecule has 0 aromatic carbocycles. The normalized spacial score (nSPS) is 19.1. The Hall–Kier alpha value is -0.610. The van der Waals surface area contributed by atoms with Gasteiger partial charge in [-0.15, -0.1) is 0 Å². The summed E-state index contributed by atoms with van der Waals surface area (Å²) in [5.41, 5.74) is 0. The second-order valence-electron chi connectivity index (χ2n) is 5.58. The molecule has 1 fully saturated rings. The summed E-state index contributed by atoms with van der Waals surface area (Å²) >= 11 is 0. The highest BCUT2D eigenvalue weighted by molar-refractivity contribution is 5.73. The monoisotopic (exact) mass is 242 g/mol. The van der Waals surface area contributed by atoms with Crippen LogP contribution < -0.4 is 5.32 Å². The van der Waals surface area contributed by atoms with Crippen molar-refractivity contribution in [2.24, 2.45) is 5.92 Å². The molecule has 0 radical (unpaired) electrons. The van der Waals surface area contributed by atoms with Crippen LogP contribution in [0.4, 0.5) is 0 Å². The highest BCUT2D eigenvalue weighted by Crippen LogP contribution is 2.25.